The number of anilines is 2. The first-order valence-electron chi connectivity index (χ1n) is 7.72. The molecule has 1 atom stereocenters. The van der Waals surface area contributed by atoms with Gasteiger partial charge in [0.2, 0.25) is 0 Å². The van der Waals surface area contributed by atoms with Crippen molar-refractivity contribution < 1.29 is 0 Å². The Labute approximate surface area is 122 Å². The summed E-state index contributed by atoms with van der Waals surface area (Å²) >= 11 is 0. The van der Waals surface area contributed by atoms with Gasteiger partial charge in [-0.15, -0.1) is 0 Å². The summed E-state index contributed by atoms with van der Waals surface area (Å²) in [6.07, 6.45) is 2.68. The number of nitrogens with one attached hydrogen (secondary N) is 2. The first-order valence-corrected chi connectivity index (χ1v) is 7.72. The second-order valence-electron chi connectivity index (χ2n) is 6.92. The van der Waals surface area contributed by atoms with Gasteiger partial charge in [-0.05, 0) is 39.5 Å². The van der Waals surface area contributed by atoms with Crippen LogP contribution in [0, 0.1) is 12.8 Å². The summed E-state index contributed by atoms with van der Waals surface area (Å²) in [6.45, 7) is 13.8. The lowest BCUT2D eigenvalue weighted by Gasteiger charge is -2.23. The summed E-state index contributed by atoms with van der Waals surface area (Å²) in [4.78, 5) is 9.47. The van der Waals surface area contributed by atoms with Gasteiger partial charge in [0, 0.05) is 23.6 Å². The maximum atomic E-state index is 4.77. The molecule has 4 nitrogen and oxygen atoms in total. The highest BCUT2D eigenvalue weighted by molar-refractivity contribution is 5.58. The van der Waals surface area contributed by atoms with Gasteiger partial charge in [-0.25, -0.2) is 9.97 Å². The predicted octanol–water partition coefficient (Wildman–Crippen LogP) is 3.72. The van der Waals surface area contributed by atoms with Crippen LogP contribution in [0.4, 0.5) is 11.6 Å². The molecule has 1 aliphatic carbocycles. The van der Waals surface area contributed by atoms with Crippen LogP contribution in [0.25, 0.3) is 0 Å². The Morgan fingerprint density at radius 1 is 1.20 bits per heavy atom. The lowest BCUT2D eigenvalue weighted by Crippen LogP contribution is -2.23. The van der Waals surface area contributed by atoms with Crippen LogP contribution >= 0.6 is 0 Å². The van der Waals surface area contributed by atoms with Gasteiger partial charge in [0.15, 0.2) is 0 Å². The van der Waals surface area contributed by atoms with E-state index in [1.54, 1.807) is 0 Å². The monoisotopic (exact) mass is 276 g/mol. The van der Waals surface area contributed by atoms with Crippen molar-refractivity contribution in [1.82, 2.24) is 9.97 Å². The molecule has 4 heteroatoms. The molecule has 0 radical (unpaired) electrons. The second kappa shape index (κ2) is 5.58. The summed E-state index contributed by atoms with van der Waals surface area (Å²) in [5.74, 6) is 3.65. The average Bonchev–Trinajstić information content (AvgIpc) is 3.16. The van der Waals surface area contributed by atoms with Gasteiger partial charge in [-0.2, -0.15) is 0 Å². The average molecular weight is 276 g/mol. The highest BCUT2D eigenvalue weighted by Gasteiger charge is 2.29. The first-order chi connectivity index (χ1) is 9.32. The van der Waals surface area contributed by atoms with E-state index in [1.807, 2.05) is 0 Å². The van der Waals surface area contributed by atoms with Crippen molar-refractivity contribution in [3.63, 3.8) is 0 Å². The van der Waals surface area contributed by atoms with E-state index in [2.05, 4.69) is 52.2 Å². The Bertz CT molecular complexity index is 472. The number of aromatic nitrogens is 2. The topological polar surface area (TPSA) is 49.8 Å². The third kappa shape index (κ3) is 3.41. The molecular formula is C16H28N4. The third-order valence-corrected chi connectivity index (χ3v) is 3.85. The normalized spacial score (nSPS) is 16.9. The van der Waals surface area contributed by atoms with Crippen LogP contribution in [0.5, 0.6) is 0 Å². The minimum Gasteiger partial charge on any atom is -0.370 e. The van der Waals surface area contributed by atoms with Crippen LogP contribution in [-0.2, 0) is 5.41 Å². The molecule has 1 aromatic heterocycles. The van der Waals surface area contributed by atoms with E-state index < -0.39 is 0 Å². The molecule has 0 spiro atoms. The van der Waals surface area contributed by atoms with E-state index in [1.165, 1.54) is 12.8 Å². The Morgan fingerprint density at radius 2 is 1.80 bits per heavy atom. The van der Waals surface area contributed by atoms with E-state index in [0.29, 0.717) is 6.04 Å². The van der Waals surface area contributed by atoms with E-state index in [-0.39, 0.29) is 5.41 Å². The van der Waals surface area contributed by atoms with E-state index in [0.717, 1.165) is 35.5 Å². The molecule has 2 rings (SSSR count). The molecule has 0 aliphatic heterocycles. The highest BCUT2D eigenvalue weighted by atomic mass is 15.1. The summed E-state index contributed by atoms with van der Waals surface area (Å²) < 4.78 is 0. The van der Waals surface area contributed by atoms with Crippen molar-refractivity contribution in [1.29, 1.82) is 0 Å². The Hall–Kier alpha value is -1.32. The number of hydrogen-bond acceptors (Lipinski definition) is 4. The quantitative estimate of drug-likeness (QED) is 0.860. The molecule has 0 aromatic carbocycles. The summed E-state index contributed by atoms with van der Waals surface area (Å²) in [6, 6.07) is 0.492. The zero-order chi connectivity index (χ0) is 14.9. The summed E-state index contributed by atoms with van der Waals surface area (Å²) in [5.41, 5.74) is 1.07. The zero-order valence-electron chi connectivity index (χ0n) is 13.7. The largest absolute Gasteiger partial charge is 0.370 e. The molecular weight excluding hydrogens is 248 g/mol. The van der Waals surface area contributed by atoms with Crippen molar-refractivity contribution in [2.24, 2.45) is 5.92 Å². The standard InChI is InChI=1S/C16H28N4/c1-7-17-13-10(2)14(18-11(3)12-8-9-12)20-15(19-13)16(4,5)6/h11-12H,7-9H2,1-6H3,(H2,17,18,19,20). The molecule has 112 valence electrons. The van der Waals surface area contributed by atoms with E-state index >= 15 is 0 Å². The SMILES string of the molecule is CCNc1nc(C(C)(C)C)nc(NC(C)C2CC2)c1C. The number of hydrogen-bond donors (Lipinski definition) is 2. The molecule has 1 aromatic rings. The van der Waals surface area contributed by atoms with Gasteiger partial charge in [0.1, 0.15) is 17.5 Å². The Morgan fingerprint density at radius 3 is 2.30 bits per heavy atom. The predicted molar refractivity (Wildman–Crippen MR) is 85.4 cm³/mol. The molecule has 1 unspecified atom stereocenters. The molecule has 0 amide bonds. The van der Waals surface area contributed by atoms with Crippen LogP contribution in [0.2, 0.25) is 0 Å². The van der Waals surface area contributed by atoms with Gasteiger partial charge in [-0.1, -0.05) is 20.8 Å². The fourth-order valence-corrected chi connectivity index (χ4v) is 2.26. The molecule has 2 N–H and O–H groups in total. The number of rotatable bonds is 5. The molecule has 0 saturated heterocycles. The second-order valence-corrected chi connectivity index (χ2v) is 6.92. The van der Waals surface area contributed by atoms with Crippen LogP contribution in [-0.4, -0.2) is 22.6 Å². The lowest BCUT2D eigenvalue weighted by molar-refractivity contribution is 0.545. The zero-order valence-corrected chi connectivity index (χ0v) is 13.7. The molecule has 1 heterocycles. The van der Waals surface area contributed by atoms with Crippen LogP contribution in [0.3, 0.4) is 0 Å². The maximum absolute atomic E-state index is 4.77. The van der Waals surface area contributed by atoms with Gasteiger partial charge in [-0.3, -0.25) is 0 Å². The van der Waals surface area contributed by atoms with Crippen molar-refractivity contribution in [2.75, 3.05) is 17.2 Å². The minimum atomic E-state index is -0.0445. The van der Waals surface area contributed by atoms with E-state index in [4.69, 9.17) is 9.97 Å². The Kier molecular flexibility index (Phi) is 4.21. The summed E-state index contributed by atoms with van der Waals surface area (Å²) in [5, 5.41) is 6.95. The lowest BCUT2D eigenvalue weighted by atomic mass is 9.95. The highest BCUT2D eigenvalue weighted by Crippen LogP contribution is 2.35. The molecule has 1 aliphatic rings. The number of nitrogens with zero attached hydrogens (tertiary/aromatic N) is 2. The molecule has 0 bridgehead atoms. The van der Waals surface area contributed by atoms with Crippen LogP contribution in [0.1, 0.15) is 58.8 Å². The van der Waals surface area contributed by atoms with Gasteiger partial charge in [0.05, 0.1) is 0 Å². The van der Waals surface area contributed by atoms with Gasteiger partial charge >= 0.3 is 0 Å². The van der Waals surface area contributed by atoms with Gasteiger partial charge < -0.3 is 10.6 Å². The van der Waals surface area contributed by atoms with Crippen LogP contribution < -0.4 is 10.6 Å². The van der Waals surface area contributed by atoms with Gasteiger partial charge in [0.25, 0.3) is 0 Å². The molecule has 20 heavy (non-hydrogen) atoms. The third-order valence-electron chi connectivity index (χ3n) is 3.85. The van der Waals surface area contributed by atoms with Crippen molar-refractivity contribution in [2.45, 2.75) is 65.8 Å². The summed E-state index contributed by atoms with van der Waals surface area (Å²) in [7, 11) is 0. The fourth-order valence-electron chi connectivity index (χ4n) is 2.26. The minimum absolute atomic E-state index is 0.0445. The Balaban J connectivity index is 2.34. The van der Waals surface area contributed by atoms with Crippen LogP contribution in [0.15, 0.2) is 0 Å². The van der Waals surface area contributed by atoms with E-state index in [9.17, 15) is 0 Å². The molecule has 1 saturated carbocycles. The fraction of sp³-hybridized carbons (Fsp3) is 0.750. The maximum Gasteiger partial charge on any atom is 0.138 e. The molecule has 1 fully saturated rings. The first kappa shape index (κ1) is 15.1. The van der Waals surface area contributed by atoms with Crippen molar-refractivity contribution in [3.05, 3.63) is 11.4 Å². The van der Waals surface area contributed by atoms with Crippen molar-refractivity contribution >= 4 is 11.6 Å². The van der Waals surface area contributed by atoms with Crippen molar-refractivity contribution in [3.8, 4) is 0 Å². The smallest absolute Gasteiger partial charge is 0.138 e.